The van der Waals surface area contributed by atoms with Gasteiger partial charge in [-0.1, -0.05) is 53.4 Å². The minimum Gasteiger partial charge on any atom is -0.870 e. The monoisotopic (exact) mass is 550 g/mol. The average Bonchev–Trinajstić information content (AvgIpc) is 2.78. The second-order valence-corrected chi connectivity index (χ2v) is 18.3. The number of unbranched alkanes of at least 4 members (excludes halogenated alkanes) is 7. The standard InChI is InChI=1S/C16H36N.3C4H9.H2O.Sn/c1-5-9-13-17(14-10-6-2,15-11-7-3)16-12-8-4;3*1-3-4-2;;/h5-16H2,1-4H3;3*1,3-4H2,2H3;1H2;/q+1;;;;;/p-1. The molecule has 0 fully saturated rings. The summed E-state index contributed by atoms with van der Waals surface area (Å²) in [6.07, 6.45) is 19.9. The third-order valence-corrected chi connectivity index (χ3v) is 15.7. The van der Waals surface area contributed by atoms with Gasteiger partial charge in [-0.2, -0.15) is 0 Å². The summed E-state index contributed by atoms with van der Waals surface area (Å²) in [6.45, 7) is 22.0. The average molecular weight is 550 g/mol. The van der Waals surface area contributed by atoms with E-state index in [9.17, 15) is 0 Å². The minimum atomic E-state index is -0.839. The molecule has 0 aromatic carbocycles. The molecular formula is C28H64NOSn. The molecule has 0 atom stereocenters. The first kappa shape index (κ1) is 36.3. The Labute approximate surface area is 207 Å². The van der Waals surface area contributed by atoms with Gasteiger partial charge in [0.15, 0.2) is 0 Å². The van der Waals surface area contributed by atoms with Crippen LogP contribution in [0.1, 0.15) is 138 Å². The Morgan fingerprint density at radius 3 is 0.806 bits per heavy atom. The maximum absolute atomic E-state index is 2.33. The first-order valence-electron chi connectivity index (χ1n) is 14.3. The van der Waals surface area contributed by atoms with Gasteiger partial charge in [0, 0.05) is 0 Å². The van der Waals surface area contributed by atoms with E-state index in [2.05, 4.69) is 48.5 Å². The summed E-state index contributed by atoms with van der Waals surface area (Å²) >= 11 is -0.839. The van der Waals surface area contributed by atoms with Gasteiger partial charge < -0.3 is 9.96 Å². The van der Waals surface area contributed by atoms with Gasteiger partial charge in [-0.15, -0.1) is 0 Å². The third kappa shape index (κ3) is 23.7. The van der Waals surface area contributed by atoms with Crippen molar-refractivity contribution in [3.8, 4) is 0 Å². The summed E-state index contributed by atoms with van der Waals surface area (Å²) in [5, 5.41) is 0. The number of hydrogen-bond donors (Lipinski definition) is 0. The van der Waals surface area contributed by atoms with Crippen molar-refractivity contribution >= 4 is 19.8 Å². The predicted octanol–water partition coefficient (Wildman–Crippen LogP) is 9.71. The molecule has 0 heterocycles. The molecule has 2 nitrogen and oxygen atoms in total. The predicted molar refractivity (Wildman–Crippen MR) is 146 cm³/mol. The van der Waals surface area contributed by atoms with Crippen molar-refractivity contribution in [2.45, 2.75) is 152 Å². The van der Waals surface area contributed by atoms with E-state index in [1.807, 2.05) is 0 Å². The van der Waals surface area contributed by atoms with Crippen LogP contribution in [0.5, 0.6) is 0 Å². The van der Waals surface area contributed by atoms with Gasteiger partial charge in [-0.3, -0.25) is 0 Å². The van der Waals surface area contributed by atoms with Gasteiger partial charge in [0.2, 0.25) is 0 Å². The molecule has 0 unspecified atom stereocenters. The molecule has 0 rings (SSSR count). The van der Waals surface area contributed by atoms with Crippen LogP contribution in [0.15, 0.2) is 0 Å². The molecule has 0 saturated carbocycles. The quantitative estimate of drug-likeness (QED) is 0.104. The van der Waals surface area contributed by atoms with Gasteiger partial charge in [0.25, 0.3) is 0 Å². The summed E-state index contributed by atoms with van der Waals surface area (Å²) in [7, 11) is 0. The molecular weight excluding hydrogens is 485 g/mol. The summed E-state index contributed by atoms with van der Waals surface area (Å²) in [4.78, 5) is 0. The molecule has 0 aliphatic heterocycles. The second kappa shape index (κ2) is 28.8. The normalized spacial score (nSPS) is 11.2. The van der Waals surface area contributed by atoms with E-state index in [1.54, 1.807) is 13.3 Å². The molecule has 0 aliphatic rings. The molecule has 0 aromatic rings. The Bertz CT molecular complexity index is 255. The van der Waals surface area contributed by atoms with Gasteiger partial charge in [0.1, 0.15) is 0 Å². The molecule has 0 amide bonds. The van der Waals surface area contributed by atoms with Gasteiger partial charge in [0.05, 0.1) is 26.2 Å². The van der Waals surface area contributed by atoms with E-state index in [1.165, 1.54) is 121 Å². The van der Waals surface area contributed by atoms with Gasteiger partial charge in [-0.25, -0.2) is 0 Å². The molecule has 0 aliphatic carbocycles. The Hall–Kier alpha value is 0.719. The molecule has 0 aromatic heterocycles. The van der Waals surface area contributed by atoms with Crippen LogP contribution < -0.4 is 0 Å². The van der Waals surface area contributed by atoms with Crippen LogP contribution in [0.4, 0.5) is 0 Å². The van der Waals surface area contributed by atoms with E-state index < -0.39 is 19.8 Å². The summed E-state index contributed by atoms with van der Waals surface area (Å²) in [6, 6.07) is 0. The maximum Gasteiger partial charge on any atom is -0.870 e. The fraction of sp³-hybridized carbons (Fsp3) is 1.00. The molecule has 31 heavy (non-hydrogen) atoms. The Balaban J connectivity index is -0.000000507. The molecule has 191 valence electrons. The van der Waals surface area contributed by atoms with Crippen molar-refractivity contribution in [3.05, 3.63) is 0 Å². The fourth-order valence-corrected chi connectivity index (χ4v) is 13.7. The van der Waals surface area contributed by atoms with Crippen LogP contribution in [0.25, 0.3) is 0 Å². The van der Waals surface area contributed by atoms with E-state index in [4.69, 9.17) is 0 Å². The number of hydrogen-bond acceptors (Lipinski definition) is 1. The van der Waals surface area contributed by atoms with Gasteiger partial charge in [-0.05, 0) is 25.7 Å². The molecule has 0 saturated heterocycles. The van der Waals surface area contributed by atoms with E-state index >= 15 is 0 Å². The fourth-order valence-electron chi connectivity index (χ4n) is 4.30. The first-order valence-corrected chi connectivity index (χ1v) is 20.3. The van der Waals surface area contributed by atoms with E-state index in [0.29, 0.717) is 0 Å². The molecule has 3 heteroatoms. The molecule has 1 N–H and O–H groups in total. The van der Waals surface area contributed by atoms with Crippen molar-refractivity contribution in [1.29, 1.82) is 0 Å². The smallest absolute Gasteiger partial charge is 0.870 e. The maximum atomic E-state index is 2.33. The second-order valence-electron chi connectivity index (χ2n) is 9.71. The minimum absolute atomic E-state index is 0. The van der Waals surface area contributed by atoms with Crippen molar-refractivity contribution < 1.29 is 9.96 Å². The Kier molecular flexibility index (Phi) is 33.7. The summed E-state index contributed by atoms with van der Waals surface area (Å²) in [5.41, 5.74) is 0. The van der Waals surface area contributed by atoms with Crippen LogP contribution in [-0.4, -0.2) is 55.9 Å². The van der Waals surface area contributed by atoms with Crippen LogP contribution in [0, 0.1) is 0 Å². The Morgan fingerprint density at radius 1 is 0.387 bits per heavy atom. The molecule has 0 spiro atoms. The number of rotatable bonds is 21. The van der Waals surface area contributed by atoms with Crippen molar-refractivity contribution in [2.24, 2.45) is 0 Å². The van der Waals surface area contributed by atoms with Crippen LogP contribution in [-0.2, 0) is 0 Å². The zero-order valence-corrected chi connectivity index (χ0v) is 26.1. The van der Waals surface area contributed by atoms with Crippen LogP contribution in [0.3, 0.4) is 0 Å². The van der Waals surface area contributed by atoms with Crippen molar-refractivity contribution in [1.82, 2.24) is 0 Å². The first-order chi connectivity index (χ1) is 14.6. The van der Waals surface area contributed by atoms with E-state index in [-0.39, 0.29) is 5.48 Å². The number of nitrogens with zero attached hydrogens (tertiary/aromatic N) is 1. The largest absolute Gasteiger partial charge is 0.870 e. The zero-order chi connectivity index (χ0) is 22.9. The van der Waals surface area contributed by atoms with Crippen LogP contribution >= 0.6 is 0 Å². The Morgan fingerprint density at radius 2 is 0.613 bits per heavy atom. The molecule has 0 bridgehead atoms. The molecule has 1 radical (unpaired) electrons. The van der Waals surface area contributed by atoms with Crippen molar-refractivity contribution in [3.63, 3.8) is 0 Å². The van der Waals surface area contributed by atoms with E-state index in [0.717, 1.165) is 0 Å². The topological polar surface area (TPSA) is 30.0 Å². The van der Waals surface area contributed by atoms with Crippen molar-refractivity contribution in [2.75, 3.05) is 26.2 Å². The summed E-state index contributed by atoms with van der Waals surface area (Å²) < 4.78 is 6.46. The van der Waals surface area contributed by atoms with Gasteiger partial charge >= 0.3 is 92.4 Å². The third-order valence-electron chi connectivity index (χ3n) is 6.60. The zero-order valence-electron chi connectivity index (χ0n) is 23.2. The SMILES string of the molecule is CCCC[N+](CCCC)(CCCC)CCCC.CCC[CH2][Sn]([CH2]CCC)[CH2]CCC.[OH-]. The van der Waals surface area contributed by atoms with Crippen LogP contribution in [0.2, 0.25) is 13.3 Å². The number of quaternary nitrogens is 1. The summed E-state index contributed by atoms with van der Waals surface area (Å²) in [5.74, 6) is 0.